The maximum Gasteiger partial charge on any atom is 0.250 e. The van der Waals surface area contributed by atoms with E-state index in [4.69, 9.17) is 10.5 Å². The van der Waals surface area contributed by atoms with E-state index in [1.807, 2.05) is 30.3 Å². The average molecular weight is 361 g/mol. The number of nitrogens with two attached hydrogens (primary N) is 1. The Morgan fingerprint density at radius 2 is 1.81 bits per heavy atom. The molecule has 3 aromatic rings. The summed E-state index contributed by atoms with van der Waals surface area (Å²) in [6.45, 7) is 2.19. The number of hydrogen-bond donors (Lipinski definition) is 2. The largest absolute Gasteiger partial charge is 0.439 e. The number of aromatic nitrogens is 1. The van der Waals surface area contributed by atoms with E-state index in [0.29, 0.717) is 23.2 Å². The number of anilines is 1. The van der Waals surface area contributed by atoms with Crippen LogP contribution in [0.15, 0.2) is 72.9 Å². The van der Waals surface area contributed by atoms with Crippen molar-refractivity contribution in [3.8, 4) is 11.6 Å². The lowest BCUT2D eigenvalue weighted by atomic mass is 10.1. The maximum atomic E-state index is 11.1. The number of nitrogens with zero attached hydrogens (tertiary/aromatic N) is 1. The summed E-state index contributed by atoms with van der Waals surface area (Å²) in [4.78, 5) is 15.1. The van der Waals surface area contributed by atoms with Gasteiger partial charge in [-0.05, 0) is 55.7 Å². The van der Waals surface area contributed by atoms with E-state index in [2.05, 4.69) is 41.5 Å². The topological polar surface area (TPSA) is 77.2 Å². The van der Waals surface area contributed by atoms with E-state index in [1.165, 1.54) is 11.8 Å². The van der Waals surface area contributed by atoms with Crippen LogP contribution in [0.25, 0.3) is 0 Å². The van der Waals surface area contributed by atoms with Gasteiger partial charge in [-0.2, -0.15) is 0 Å². The van der Waals surface area contributed by atoms with Gasteiger partial charge in [-0.15, -0.1) is 0 Å². The third-order valence-electron chi connectivity index (χ3n) is 4.22. The summed E-state index contributed by atoms with van der Waals surface area (Å²) in [6, 6.07) is 21.8. The molecule has 0 aliphatic heterocycles. The standard InChI is InChI=1S/C22H23N3O2/c1-16(25-19-5-3-2-4-6-19)7-8-17-9-12-20(13-10-17)27-21-14-11-18(15-24-21)22(23)26/h2-6,9-16,25H,7-8H2,1H3,(H2,23,26). The lowest BCUT2D eigenvalue weighted by Gasteiger charge is -2.15. The first-order valence-electron chi connectivity index (χ1n) is 8.94. The molecular weight excluding hydrogens is 338 g/mol. The Kier molecular flexibility index (Phi) is 6.05. The van der Waals surface area contributed by atoms with E-state index in [-0.39, 0.29) is 0 Å². The molecule has 0 fully saturated rings. The highest BCUT2D eigenvalue weighted by atomic mass is 16.5. The highest BCUT2D eigenvalue weighted by Gasteiger charge is 2.05. The van der Waals surface area contributed by atoms with E-state index < -0.39 is 5.91 Å². The average Bonchev–Trinajstić information content (AvgIpc) is 2.69. The number of benzene rings is 2. The van der Waals surface area contributed by atoms with Crippen LogP contribution in [0, 0.1) is 0 Å². The molecule has 0 spiro atoms. The minimum Gasteiger partial charge on any atom is -0.439 e. The van der Waals surface area contributed by atoms with E-state index in [0.717, 1.165) is 18.5 Å². The Morgan fingerprint density at radius 3 is 2.44 bits per heavy atom. The highest BCUT2D eigenvalue weighted by molar-refractivity contribution is 5.92. The maximum absolute atomic E-state index is 11.1. The van der Waals surface area contributed by atoms with Gasteiger partial charge in [0.15, 0.2) is 0 Å². The van der Waals surface area contributed by atoms with Crippen LogP contribution in [0.5, 0.6) is 11.6 Å². The number of amides is 1. The fourth-order valence-corrected chi connectivity index (χ4v) is 2.71. The van der Waals surface area contributed by atoms with Crippen molar-refractivity contribution < 1.29 is 9.53 Å². The molecule has 1 amide bonds. The van der Waals surface area contributed by atoms with Gasteiger partial charge < -0.3 is 15.8 Å². The Balaban J connectivity index is 1.50. The minimum atomic E-state index is -0.505. The van der Waals surface area contributed by atoms with Crippen molar-refractivity contribution in [3.63, 3.8) is 0 Å². The van der Waals surface area contributed by atoms with Gasteiger partial charge in [-0.25, -0.2) is 4.98 Å². The number of pyridine rings is 1. The second-order valence-corrected chi connectivity index (χ2v) is 6.45. The van der Waals surface area contributed by atoms with Crippen LogP contribution in [0.4, 0.5) is 5.69 Å². The summed E-state index contributed by atoms with van der Waals surface area (Å²) >= 11 is 0. The third-order valence-corrected chi connectivity index (χ3v) is 4.22. The molecule has 3 N–H and O–H groups in total. The molecule has 2 aromatic carbocycles. The van der Waals surface area contributed by atoms with Crippen molar-refractivity contribution in [3.05, 3.63) is 84.1 Å². The van der Waals surface area contributed by atoms with Crippen molar-refractivity contribution in [2.75, 3.05) is 5.32 Å². The van der Waals surface area contributed by atoms with Crippen LogP contribution in [0.1, 0.15) is 29.3 Å². The van der Waals surface area contributed by atoms with Crippen molar-refractivity contribution in [1.29, 1.82) is 0 Å². The number of carbonyl (C=O) groups is 1. The van der Waals surface area contributed by atoms with Gasteiger partial charge in [0.05, 0.1) is 5.56 Å². The lowest BCUT2D eigenvalue weighted by molar-refractivity contribution is 0.1000. The number of primary amides is 1. The molecule has 1 unspecified atom stereocenters. The molecule has 5 heteroatoms. The number of nitrogens with one attached hydrogen (secondary N) is 1. The number of rotatable bonds is 8. The molecule has 3 rings (SSSR count). The van der Waals surface area contributed by atoms with Crippen LogP contribution in [0.3, 0.4) is 0 Å². The molecule has 0 aliphatic carbocycles. The summed E-state index contributed by atoms with van der Waals surface area (Å²) in [5.41, 5.74) is 7.95. The fourth-order valence-electron chi connectivity index (χ4n) is 2.71. The fraction of sp³-hybridized carbons (Fsp3) is 0.182. The van der Waals surface area contributed by atoms with Gasteiger partial charge in [-0.1, -0.05) is 30.3 Å². The van der Waals surface area contributed by atoms with Crippen LogP contribution in [-0.2, 0) is 6.42 Å². The molecule has 1 heterocycles. The highest BCUT2D eigenvalue weighted by Crippen LogP contribution is 2.21. The summed E-state index contributed by atoms with van der Waals surface area (Å²) in [7, 11) is 0. The van der Waals surface area contributed by atoms with Crippen molar-refractivity contribution in [2.45, 2.75) is 25.8 Å². The number of ether oxygens (including phenoxy) is 1. The Bertz CT molecular complexity index is 862. The molecule has 27 heavy (non-hydrogen) atoms. The Labute approximate surface area is 159 Å². The molecule has 0 saturated heterocycles. The van der Waals surface area contributed by atoms with Crippen molar-refractivity contribution in [1.82, 2.24) is 4.98 Å². The SMILES string of the molecule is CC(CCc1ccc(Oc2ccc(C(N)=O)cn2)cc1)Nc1ccccc1. The number of para-hydroxylation sites is 1. The third kappa shape index (κ3) is 5.57. The molecule has 138 valence electrons. The monoisotopic (exact) mass is 361 g/mol. The molecule has 0 aliphatic rings. The van der Waals surface area contributed by atoms with Crippen molar-refractivity contribution in [2.24, 2.45) is 5.73 Å². The minimum absolute atomic E-state index is 0.357. The summed E-state index contributed by atoms with van der Waals surface area (Å²) in [6.07, 6.45) is 3.42. The molecule has 0 radical (unpaired) electrons. The van der Waals surface area contributed by atoms with Gasteiger partial charge in [0.1, 0.15) is 5.75 Å². The number of carbonyl (C=O) groups excluding carboxylic acids is 1. The molecular formula is C22H23N3O2. The molecule has 0 saturated carbocycles. The quantitative estimate of drug-likeness (QED) is 0.623. The van der Waals surface area contributed by atoms with Gasteiger partial charge in [-0.3, -0.25) is 4.79 Å². The number of aryl methyl sites for hydroxylation is 1. The number of hydrogen-bond acceptors (Lipinski definition) is 4. The van der Waals surface area contributed by atoms with Crippen molar-refractivity contribution >= 4 is 11.6 Å². The molecule has 5 nitrogen and oxygen atoms in total. The van der Waals surface area contributed by atoms with Crippen LogP contribution in [0.2, 0.25) is 0 Å². The van der Waals surface area contributed by atoms with Crippen LogP contribution >= 0.6 is 0 Å². The predicted molar refractivity (Wildman–Crippen MR) is 107 cm³/mol. The molecule has 1 atom stereocenters. The normalized spacial score (nSPS) is 11.6. The Hall–Kier alpha value is -3.34. The second-order valence-electron chi connectivity index (χ2n) is 6.45. The molecule has 1 aromatic heterocycles. The van der Waals surface area contributed by atoms with Crippen LogP contribution in [-0.4, -0.2) is 16.9 Å². The summed E-state index contributed by atoms with van der Waals surface area (Å²) < 4.78 is 5.70. The lowest BCUT2D eigenvalue weighted by Crippen LogP contribution is -2.15. The van der Waals surface area contributed by atoms with Crippen LogP contribution < -0.4 is 15.8 Å². The van der Waals surface area contributed by atoms with Gasteiger partial charge in [0, 0.05) is 24.0 Å². The second kappa shape index (κ2) is 8.85. The van der Waals surface area contributed by atoms with Gasteiger partial charge in [0.2, 0.25) is 11.8 Å². The predicted octanol–water partition coefficient (Wildman–Crippen LogP) is 4.41. The first-order valence-corrected chi connectivity index (χ1v) is 8.94. The smallest absolute Gasteiger partial charge is 0.250 e. The zero-order valence-corrected chi connectivity index (χ0v) is 15.3. The van der Waals surface area contributed by atoms with E-state index in [9.17, 15) is 4.79 Å². The summed E-state index contributed by atoms with van der Waals surface area (Å²) in [5.74, 6) is 0.622. The zero-order valence-electron chi connectivity index (χ0n) is 15.3. The first-order chi connectivity index (χ1) is 13.1. The zero-order chi connectivity index (χ0) is 19.1. The van der Waals surface area contributed by atoms with E-state index in [1.54, 1.807) is 12.1 Å². The van der Waals surface area contributed by atoms with Gasteiger partial charge in [0.25, 0.3) is 0 Å². The molecule has 0 bridgehead atoms. The Morgan fingerprint density at radius 1 is 1.07 bits per heavy atom. The summed E-state index contributed by atoms with van der Waals surface area (Å²) in [5, 5.41) is 3.50. The van der Waals surface area contributed by atoms with E-state index >= 15 is 0 Å². The van der Waals surface area contributed by atoms with Gasteiger partial charge >= 0.3 is 0 Å². The first kappa shape index (κ1) is 18.5.